The number of benzene rings is 1. The smallest absolute Gasteiger partial charge is 0.338 e. The van der Waals surface area contributed by atoms with E-state index in [1.165, 1.54) is 5.56 Å². The van der Waals surface area contributed by atoms with E-state index in [0.717, 1.165) is 36.1 Å². The molecule has 100 valence electrons. The molecule has 1 aliphatic heterocycles. The van der Waals surface area contributed by atoms with Gasteiger partial charge in [-0.15, -0.1) is 0 Å². The quantitative estimate of drug-likeness (QED) is 0.899. The van der Waals surface area contributed by atoms with Gasteiger partial charge in [-0.05, 0) is 31.2 Å². The monoisotopic (exact) mass is 258 g/mol. The van der Waals surface area contributed by atoms with Crippen LogP contribution in [0.3, 0.4) is 0 Å². The van der Waals surface area contributed by atoms with E-state index in [0.29, 0.717) is 12.1 Å². The zero-order valence-electron chi connectivity index (χ0n) is 11.3. The Labute approximate surface area is 112 Å². The average Bonchev–Trinajstić information content (AvgIpc) is 2.70. The largest absolute Gasteiger partial charge is 0.478 e. The van der Waals surface area contributed by atoms with Crippen LogP contribution in [0.4, 0.5) is 0 Å². The van der Waals surface area contributed by atoms with Crippen LogP contribution in [0.1, 0.15) is 28.5 Å². The molecule has 0 saturated carbocycles. The topological polar surface area (TPSA) is 45.5 Å². The zero-order chi connectivity index (χ0) is 13.6. The molecule has 0 radical (unpaired) electrons. The van der Waals surface area contributed by atoms with E-state index >= 15 is 0 Å². The maximum atomic E-state index is 11.6. The van der Waals surface area contributed by atoms with E-state index in [1.54, 1.807) is 0 Å². The lowest BCUT2D eigenvalue weighted by Gasteiger charge is -2.25. The van der Waals surface area contributed by atoms with Crippen molar-refractivity contribution >= 4 is 16.9 Å². The van der Waals surface area contributed by atoms with Crippen molar-refractivity contribution in [3.8, 4) is 0 Å². The Hall–Kier alpha value is -1.81. The van der Waals surface area contributed by atoms with E-state index in [-0.39, 0.29) is 0 Å². The predicted molar refractivity (Wildman–Crippen MR) is 74.6 cm³/mol. The molecule has 4 heteroatoms. The molecule has 0 unspecified atom stereocenters. The number of aromatic nitrogens is 1. The Morgan fingerprint density at radius 1 is 1.37 bits per heavy atom. The van der Waals surface area contributed by atoms with Crippen molar-refractivity contribution in [1.82, 2.24) is 9.47 Å². The van der Waals surface area contributed by atoms with Gasteiger partial charge in [0, 0.05) is 36.2 Å². The Bertz CT molecular complexity index is 658. The molecule has 0 atom stereocenters. The molecule has 19 heavy (non-hydrogen) atoms. The standard InChI is InChI=1S/C15H18N2O2/c1-3-10-4-5-12-11(8-10)14(15(18)19)13-9-16(2)6-7-17(12)13/h4-5,8H,3,6-7,9H2,1-2H3,(H,18,19). The van der Waals surface area contributed by atoms with Crippen LogP contribution in [-0.4, -0.2) is 34.1 Å². The number of likely N-dealkylation sites (N-methyl/N-ethyl adjacent to an activating group) is 1. The van der Waals surface area contributed by atoms with Crippen LogP contribution in [0.15, 0.2) is 18.2 Å². The molecule has 1 N–H and O–H groups in total. The van der Waals surface area contributed by atoms with Gasteiger partial charge in [0.1, 0.15) is 0 Å². The first-order valence-corrected chi connectivity index (χ1v) is 6.67. The second kappa shape index (κ2) is 4.38. The molecule has 0 saturated heterocycles. The van der Waals surface area contributed by atoms with Crippen LogP contribution < -0.4 is 0 Å². The lowest BCUT2D eigenvalue weighted by Crippen LogP contribution is -2.30. The van der Waals surface area contributed by atoms with Crippen LogP contribution in [0.5, 0.6) is 0 Å². The van der Waals surface area contributed by atoms with Gasteiger partial charge in [-0.2, -0.15) is 0 Å². The third-order valence-corrected chi connectivity index (χ3v) is 3.98. The highest BCUT2D eigenvalue weighted by Gasteiger charge is 2.25. The second-order valence-electron chi connectivity index (χ2n) is 5.22. The molecule has 4 nitrogen and oxygen atoms in total. The lowest BCUT2D eigenvalue weighted by molar-refractivity contribution is 0.0695. The Kier molecular flexibility index (Phi) is 2.82. The molecule has 1 aliphatic rings. The van der Waals surface area contributed by atoms with E-state index in [4.69, 9.17) is 0 Å². The van der Waals surface area contributed by atoms with Gasteiger partial charge in [-0.1, -0.05) is 13.0 Å². The van der Waals surface area contributed by atoms with Crippen LogP contribution in [0, 0.1) is 0 Å². The summed E-state index contributed by atoms with van der Waals surface area (Å²) < 4.78 is 2.16. The van der Waals surface area contributed by atoms with Gasteiger partial charge in [0.15, 0.2) is 0 Å². The highest BCUT2D eigenvalue weighted by molar-refractivity contribution is 6.05. The maximum Gasteiger partial charge on any atom is 0.338 e. The summed E-state index contributed by atoms with van der Waals surface area (Å²) in [4.78, 5) is 13.8. The fourth-order valence-electron chi connectivity index (χ4n) is 2.94. The van der Waals surface area contributed by atoms with Crippen LogP contribution in [-0.2, 0) is 19.5 Å². The van der Waals surface area contributed by atoms with Crippen molar-refractivity contribution in [1.29, 1.82) is 0 Å². The number of hydrogen-bond acceptors (Lipinski definition) is 2. The third-order valence-electron chi connectivity index (χ3n) is 3.98. The number of hydrogen-bond donors (Lipinski definition) is 1. The predicted octanol–water partition coefficient (Wildman–Crippen LogP) is 2.35. The number of nitrogens with zero attached hydrogens (tertiary/aromatic N) is 2. The third kappa shape index (κ3) is 1.83. The number of carboxylic acid groups (broad SMARTS) is 1. The molecule has 2 heterocycles. The SMILES string of the molecule is CCc1ccc2c(c1)c(C(=O)O)c1n2CCN(C)C1. The van der Waals surface area contributed by atoms with E-state index in [9.17, 15) is 9.90 Å². The molecule has 2 aromatic rings. The van der Waals surface area contributed by atoms with Gasteiger partial charge >= 0.3 is 5.97 Å². The summed E-state index contributed by atoms with van der Waals surface area (Å²) in [5.41, 5.74) is 3.66. The Morgan fingerprint density at radius 3 is 2.84 bits per heavy atom. The molecule has 0 fully saturated rings. The van der Waals surface area contributed by atoms with Crippen molar-refractivity contribution in [2.75, 3.05) is 13.6 Å². The fraction of sp³-hybridized carbons (Fsp3) is 0.400. The number of aromatic carboxylic acids is 1. The summed E-state index contributed by atoms with van der Waals surface area (Å²) >= 11 is 0. The summed E-state index contributed by atoms with van der Waals surface area (Å²) in [6.45, 7) is 4.62. The van der Waals surface area contributed by atoms with Crippen molar-refractivity contribution < 1.29 is 9.90 Å². The van der Waals surface area contributed by atoms with E-state index in [2.05, 4.69) is 28.5 Å². The summed E-state index contributed by atoms with van der Waals surface area (Å²) in [6.07, 6.45) is 0.926. The van der Waals surface area contributed by atoms with Gasteiger partial charge < -0.3 is 9.67 Å². The second-order valence-corrected chi connectivity index (χ2v) is 5.22. The lowest BCUT2D eigenvalue weighted by atomic mass is 10.1. The summed E-state index contributed by atoms with van der Waals surface area (Å²) in [5.74, 6) is -0.817. The number of aryl methyl sites for hydroxylation is 1. The molecule has 1 aromatic carbocycles. The first kappa shape index (κ1) is 12.2. The molecule has 0 aliphatic carbocycles. The molecule has 3 rings (SSSR count). The van der Waals surface area contributed by atoms with Crippen LogP contribution >= 0.6 is 0 Å². The number of rotatable bonds is 2. The van der Waals surface area contributed by atoms with Crippen molar-refractivity contribution in [2.24, 2.45) is 0 Å². The normalized spacial score (nSPS) is 15.7. The summed E-state index contributed by atoms with van der Waals surface area (Å²) in [6, 6.07) is 6.19. The summed E-state index contributed by atoms with van der Waals surface area (Å²) in [5, 5.41) is 10.4. The maximum absolute atomic E-state index is 11.6. The van der Waals surface area contributed by atoms with Crippen LogP contribution in [0.2, 0.25) is 0 Å². The van der Waals surface area contributed by atoms with Crippen LogP contribution in [0.25, 0.3) is 10.9 Å². The minimum absolute atomic E-state index is 0.483. The van der Waals surface area contributed by atoms with E-state index in [1.807, 2.05) is 13.1 Å². The molecule has 0 spiro atoms. The molecule has 0 amide bonds. The van der Waals surface area contributed by atoms with Gasteiger partial charge in [0.2, 0.25) is 0 Å². The number of carbonyl (C=O) groups is 1. The van der Waals surface area contributed by atoms with Crippen molar-refractivity contribution in [2.45, 2.75) is 26.4 Å². The summed E-state index contributed by atoms with van der Waals surface area (Å²) in [7, 11) is 2.03. The highest BCUT2D eigenvalue weighted by Crippen LogP contribution is 2.30. The molecule has 0 bridgehead atoms. The molecular formula is C15H18N2O2. The average molecular weight is 258 g/mol. The first-order valence-electron chi connectivity index (χ1n) is 6.67. The van der Waals surface area contributed by atoms with Gasteiger partial charge in [0.05, 0.1) is 5.56 Å². The number of fused-ring (bicyclic) bond motifs is 3. The number of carboxylic acids is 1. The van der Waals surface area contributed by atoms with Crippen molar-refractivity contribution in [3.63, 3.8) is 0 Å². The molecule has 1 aromatic heterocycles. The highest BCUT2D eigenvalue weighted by atomic mass is 16.4. The van der Waals surface area contributed by atoms with Gasteiger partial charge in [0.25, 0.3) is 0 Å². The fourth-order valence-corrected chi connectivity index (χ4v) is 2.94. The van der Waals surface area contributed by atoms with Crippen molar-refractivity contribution in [3.05, 3.63) is 35.0 Å². The zero-order valence-corrected chi connectivity index (χ0v) is 11.3. The first-order chi connectivity index (χ1) is 9.11. The minimum atomic E-state index is -0.817. The Morgan fingerprint density at radius 2 is 2.16 bits per heavy atom. The van der Waals surface area contributed by atoms with Gasteiger partial charge in [-0.25, -0.2) is 4.79 Å². The van der Waals surface area contributed by atoms with Gasteiger partial charge in [-0.3, -0.25) is 4.90 Å². The molecular weight excluding hydrogens is 240 g/mol. The van der Waals surface area contributed by atoms with E-state index < -0.39 is 5.97 Å². The minimum Gasteiger partial charge on any atom is -0.478 e. The Balaban J connectivity index is 2.33.